The Morgan fingerprint density at radius 3 is 1.54 bits per heavy atom. The number of ether oxygens (including phenoxy) is 1. The van der Waals surface area contributed by atoms with Gasteiger partial charge in [-0.15, -0.1) is 0 Å². The molecule has 0 aliphatic carbocycles. The van der Waals surface area contributed by atoms with Gasteiger partial charge >= 0.3 is 0 Å². The molecule has 0 amide bonds. The SMILES string of the molecule is Cc1ccccc1P(c1ccccc1C)c1ccccc1Oc1ccccc1. The topological polar surface area (TPSA) is 9.23 Å². The third-order valence-electron chi connectivity index (χ3n) is 4.79. The summed E-state index contributed by atoms with van der Waals surface area (Å²) in [5.41, 5.74) is 2.62. The molecule has 0 unspecified atom stereocenters. The van der Waals surface area contributed by atoms with Crippen molar-refractivity contribution in [2.24, 2.45) is 0 Å². The van der Waals surface area contributed by atoms with E-state index < -0.39 is 7.92 Å². The maximum atomic E-state index is 6.33. The minimum atomic E-state index is -0.730. The molecule has 0 aromatic heterocycles. The number of hydrogen-bond donors (Lipinski definition) is 0. The van der Waals surface area contributed by atoms with Gasteiger partial charge in [-0.2, -0.15) is 0 Å². The quantitative estimate of drug-likeness (QED) is 0.393. The van der Waals surface area contributed by atoms with Crippen molar-refractivity contribution < 1.29 is 4.74 Å². The van der Waals surface area contributed by atoms with Crippen LogP contribution in [0.4, 0.5) is 0 Å². The summed E-state index contributed by atoms with van der Waals surface area (Å²) in [6.07, 6.45) is 0. The lowest BCUT2D eigenvalue weighted by atomic mass is 10.2. The number of aryl methyl sites for hydroxylation is 2. The highest BCUT2D eigenvalue weighted by Gasteiger charge is 2.23. The van der Waals surface area contributed by atoms with Crippen LogP contribution in [0.5, 0.6) is 11.5 Å². The Labute approximate surface area is 168 Å². The van der Waals surface area contributed by atoms with Gasteiger partial charge in [0.25, 0.3) is 0 Å². The fourth-order valence-corrected chi connectivity index (χ4v) is 6.04. The molecule has 0 N–H and O–H groups in total. The lowest BCUT2D eigenvalue weighted by Crippen LogP contribution is -2.24. The Kier molecular flexibility index (Phi) is 5.55. The molecule has 4 rings (SSSR count). The second-order valence-electron chi connectivity index (χ2n) is 6.79. The van der Waals surface area contributed by atoms with Crippen molar-refractivity contribution in [3.8, 4) is 11.5 Å². The van der Waals surface area contributed by atoms with E-state index in [4.69, 9.17) is 4.74 Å². The largest absolute Gasteiger partial charge is 0.457 e. The Morgan fingerprint density at radius 1 is 0.500 bits per heavy atom. The molecule has 0 fully saturated rings. The Hall–Kier alpha value is -2.89. The average molecular weight is 382 g/mol. The molecule has 2 heteroatoms. The standard InChI is InChI=1S/C26H23OP/c1-20-12-6-9-17-24(20)28(25-18-10-7-13-21(25)2)26-19-11-8-16-23(26)27-22-14-4-3-5-15-22/h3-19H,1-2H3. The second-order valence-corrected chi connectivity index (χ2v) is 8.91. The molecule has 28 heavy (non-hydrogen) atoms. The van der Waals surface area contributed by atoms with Gasteiger partial charge in [-0.25, -0.2) is 0 Å². The van der Waals surface area contributed by atoms with Crippen LogP contribution in [0.15, 0.2) is 103 Å². The average Bonchev–Trinajstić information content (AvgIpc) is 2.73. The zero-order valence-corrected chi connectivity index (χ0v) is 17.1. The van der Waals surface area contributed by atoms with Gasteiger partial charge in [0.2, 0.25) is 0 Å². The molecule has 0 saturated heterocycles. The van der Waals surface area contributed by atoms with Crippen molar-refractivity contribution in [3.63, 3.8) is 0 Å². The summed E-state index contributed by atoms with van der Waals surface area (Å²) < 4.78 is 6.33. The highest BCUT2D eigenvalue weighted by molar-refractivity contribution is 7.80. The molecule has 4 aromatic rings. The van der Waals surface area contributed by atoms with Crippen LogP contribution in [0.2, 0.25) is 0 Å². The Balaban J connectivity index is 1.89. The third kappa shape index (κ3) is 3.86. The smallest absolute Gasteiger partial charge is 0.135 e. The van der Waals surface area contributed by atoms with E-state index in [0.29, 0.717) is 0 Å². The van der Waals surface area contributed by atoms with Crippen molar-refractivity contribution in [2.45, 2.75) is 13.8 Å². The minimum Gasteiger partial charge on any atom is -0.457 e. The van der Waals surface area contributed by atoms with E-state index in [1.165, 1.54) is 27.0 Å². The molecule has 0 saturated carbocycles. The number of hydrogen-bond acceptors (Lipinski definition) is 1. The number of para-hydroxylation sites is 2. The molecule has 0 atom stereocenters. The predicted octanol–water partition coefficient (Wildman–Crippen LogP) is 5.85. The molecule has 0 heterocycles. The maximum Gasteiger partial charge on any atom is 0.135 e. The Morgan fingerprint density at radius 2 is 0.964 bits per heavy atom. The van der Waals surface area contributed by atoms with E-state index in [1.54, 1.807) is 0 Å². The van der Waals surface area contributed by atoms with Crippen LogP contribution in [-0.4, -0.2) is 0 Å². The van der Waals surface area contributed by atoms with Gasteiger partial charge in [-0.3, -0.25) is 0 Å². The van der Waals surface area contributed by atoms with Gasteiger partial charge in [-0.05, 0) is 61.7 Å². The van der Waals surface area contributed by atoms with Gasteiger partial charge in [0.15, 0.2) is 0 Å². The second kappa shape index (κ2) is 8.42. The van der Waals surface area contributed by atoms with Gasteiger partial charge < -0.3 is 4.74 Å². The summed E-state index contributed by atoms with van der Waals surface area (Å²) in [4.78, 5) is 0. The summed E-state index contributed by atoms with van der Waals surface area (Å²) in [5, 5.41) is 3.98. The molecular formula is C26H23OP. The molecule has 138 valence electrons. The van der Waals surface area contributed by atoms with Crippen molar-refractivity contribution in [1.29, 1.82) is 0 Å². The molecule has 0 bridgehead atoms. The van der Waals surface area contributed by atoms with Crippen LogP contribution < -0.4 is 20.7 Å². The summed E-state index contributed by atoms with van der Waals surface area (Å²) in [5.74, 6) is 1.78. The van der Waals surface area contributed by atoms with Crippen LogP contribution in [0.3, 0.4) is 0 Å². The van der Waals surface area contributed by atoms with Crippen molar-refractivity contribution >= 4 is 23.8 Å². The van der Waals surface area contributed by atoms with Crippen molar-refractivity contribution in [2.75, 3.05) is 0 Å². The monoisotopic (exact) mass is 382 g/mol. The maximum absolute atomic E-state index is 6.33. The third-order valence-corrected chi connectivity index (χ3v) is 7.61. The normalized spacial score (nSPS) is 10.8. The van der Waals surface area contributed by atoms with Crippen LogP contribution in [0.25, 0.3) is 0 Å². The summed E-state index contributed by atoms with van der Waals surface area (Å²) in [7, 11) is -0.730. The first-order valence-electron chi connectivity index (χ1n) is 9.47. The molecule has 0 aliphatic rings. The van der Waals surface area contributed by atoms with Crippen LogP contribution in [0.1, 0.15) is 11.1 Å². The van der Waals surface area contributed by atoms with E-state index >= 15 is 0 Å². The summed E-state index contributed by atoms with van der Waals surface area (Å²) in [6, 6.07) is 35.9. The molecule has 0 radical (unpaired) electrons. The van der Waals surface area contributed by atoms with E-state index in [2.05, 4.69) is 80.6 Å². The zero-order valence-electron chi connectivity index (χ0n) is 16.2. The van der Waals surface area contributed by atoms with Crippen LogP contribution in [-0.2, 0) is 0 Å². The summed E-state index contributed by atoms with van der Waals surface area (Å²) >= 11 is 0. The van der Waals surface area contributed by atoms with E-state index in [1.807, 2.05) is 36.4 Å². The van der Waals surface area contributed by atoms with Gasteiger partial charge in [0.1, 0.15) is 11.5 Å². The molecule has 0 aliphatic heterocycles. The van der Waals surface area contributed by atoms with E-state index in [9.17, 15) is 0 Å². The fraction of sp³-hybridized carbons (Fsp3) is 0.0769. The molecule has 4 aromatic carbocycles. The fourth-order valence-electron chi connectivity index (χ4n) is 3.36. The van der Waals surface area contributed by atoms with E-state index in [-0.39, 0.29) is 0 Å². The number of benzene rings is 4. The van der Waals surface area contributed by atoms with Crippen molar-refractivity contribution in [1.82, 2.24) is 0 Å². The first-order chi connectivity index (χ1) is 13.7. The molecule has 0 spiro atoms. The van der Waals surface area contributed by atoms with Gasteiger partial charge in [0.05, 0.1) is 0 Å². The van der Waals surface area contributed by atoms with Crippen molar-refractivity contribution in [3.05, 3.63) is 114 Å². The predicted molar refractivity (Wildman–Crippen MR) is 121 cm³/mol. The van der Waals surface area contributed by atoms with E-state index in [0.717, 1.165) is 11.5 Å². The first kappa shape index (κ1) is 18.5. The van der Waals surface area contributed by atoms with Crippen LogP contribution >= 0.6 is 7.92 Å². The highest BCUT2D eigenvalue weighted by atomic mass is 31.1. The lowest BCUT2D eigenvalue weighted by molar-refractivity contribution is 0.486. The zero-order chi connectivity index (χ0) is 19.3. The van der Waals surface area contributed by atoms with Gasteiger partial charge in [0, 0.05) is 5.30 Å². The molecule has 1 nitrogen and oxygen atoms in total. The highest BCUT2D eigenvalue weighted by Crippen LogP contribution is 2.39. The molecular weight excluding hydrogens is 359 g/mol. The minimum absolute atomic E-state index is 0.730. The Bertz CT molecular complexity index is 1030. The number of rotatable bonds is 5. The van der Waals surface area contributed by atoms with Crippen LogP contribution in [0, 0.1) is 13.8 Å². The lowest BCUT2D eigenvalue weighted by Gasteiger charge is -2.25. The first-order valence-corrected chi connectivity index (χ1v) is 10.8. The summed E-state index contributed by atoms with van der Waals surface area (Å²) in [6.45, 7) is 4.40. The van der Waals surface area contributed by atoms with Gasteiger partial charge in [-0.1, -0.05) is 84.9 Å².